The minimum absolute atomic E-state index is 0.0440. The highest BCUT2D eigenvalue weighted by molar-refractivity contribution is 6.18. The van der Waals surface area contributed by atoms with Crippen molar-refractivity contribution in [1.29, 1.82) is 0 Å². The molecule has 0 aromatic carbocycles. The fourth-order valence-electron chi connectivity index (χ4n) is 1.39. The molecule has 0 spiro atoms. The van der Waals surface area contributed by atoms with Gasteiger partial charge in [-0.1, -0.05) is 12.2 Å². The summed E-state index contributed by atoms with van der Waals surface area (Å²) in [7, 11) is 0. The smallest absolute Gasteiger partial charge is 0.221 e. The molecule has 11 heavy (non-hydrogen) atoms. The molecule has 2 nitrogen and oxygen atoms in total. The predicted octanol–water partition coefficient (Wildman–Crippen LogP) is 1.29. The maximum absolute atomic E-state index is 10.9. The highest BCUT2D eigenvalue weighted by atomic mass is 35.5. The van der Waals surface area contributed by atoms with Crippen LogP contribution in [0.4, 0.5) is 0 Å². The quantitative estimate of drug-likeness (QED) is 0.497. The van der Waals surface area contributed by atoms with Crippen LogP contribution in [0.25, 0.3) is 0 Å². The average molecular weight is 174 g/mol. The summed E-state index contributed by atoms with van der Waals surface area (Å²) in [6, 6.07) is 0. The Morgan fingerprint density at radius 1 is 1.55 bits per heavy atom. The molecule has 2 unspecified atom stereocenters. The molecule has 62 valence electrons. The first-order valence-corrected chi connectivity index (χ1v) is 4.29. The van der Waals surface area contributed by atoms with Crippen molar-refractivity contribution in [3.8, 4) is 0 Å². The van der Waals surface area contributed by atoms with Crippen molar-refractivity contribution in [1.82, 2.24) is 0 Å². The minimum Gasteiger partial charge on any atom is -0.369 e. The highest BCUT2D eigenvalue weighted by Gasteiger charge is 2.25. The van der Waals surface area contributed by atoms with E-state index in [2.05, 4.69) is 6.08 Å². The molecule has 0 bridgehead atoms. The number of allylic oxidation sites excluding steroid dienone is 2. The summed E-state index contributed by atoms with van der Waals surface area (Å²) >= 11 is 5.68. The van der Waals surface area contributed by atoms with Crippen molar-refractivity contribution in [3.05, 3.63) is 12.2 Å². The van der Waals surface area contributed by atoms with Gasteiger partial charge >= 0.3 is 0 Å². The van der Waals surface area contributed by atoms with E-state index in [1.165, 1.54) is 0 Å². The lowest BCUT2D eigenvalue weighted by Crippen LogP contribution is -2.31. The monoisotopic (exact) mass is 173 g/mol. The fourth-order valence-corrected chi connectivity index (χ4v) is 1.73. The topological polar surface area (TPSA) is 43.1 Å². The van der Waals surface area contributed by atoms with Gasteiger partial charge in [-0.15, -0.1) is 11.6 Å². The summed E-state index contributed by atoms with van der Waals surface area (Å²) in [6.45, 7) is 0. The number of alkyl halides is 1. The van der Waals surface area contributed by atoms with E-state index in [1.807, 2.05) is 6.08 Å². The van der Waals surface area contributed by atoms with Gasteiger partial charge in [0.05, 0.1) is 0 Å². The summed E-state index contributed by atoms with van der Waals surface area (Å²) in [4.78, 5) is 10.9. The van der Waals surface area contributed by atoms with Crippen LogP contribution in [-0.2, 0) is 4.79 Å². The zero-order valence-corrected chi connectivity index (χ0v) is 7.05. The molecule has 1 amide bonds. The van der Waals surface area contributed by atoms with E-state index >= 15 is 0 Å². The standard InChI is InChI=1S/C8H12ClNO/c9-5-6-3-1-2-4-7(6)8(10)11/h1-2,6-7H,3-5H2,(H2,10,11). The molecule has 0 aliphatic heterocycles. The normalized spacial score (nSPS) is 30.3. The lowest BCUT2D eigenvalue weighted by molar-refractivity contribution is -0.123. The van der Waals surface area contributed by atoms with Crippen LogP contribution in [0.2, 0.25) is 0 Å². The molecule has 2 atom stereocenters. The Bertz CT molecular complexity index is 179. The number of hydrogen-bond acceptors (Lipinski definition) is 1. The molecule has 0 saturated carbocycles. The molecule has 0 fully saturated rings. The number of nitrogens with two attached hydrogens (primary N) is 1. The first kappa shape index (κ1) is 8.60. The molecule has 0 heterocycles. The molecule has 0 radical (unpaired) electrons. The van der Waals surface area contributed by atoms with Gasteiger partial charge in [-0.3, -0.25) is 4.79 Å². The SMILES string of the molecule is NC(=O)C1CC=CCC1CCl. The van der Waals surface area contributed by atoms with Crippen LogP contribution in [0.3, 0.4) is 0 Å². The van der Waals surface area contributed by atoms with Gasteiger partial charge in [0.25, 0.3) is 0 Å². The maximum Gasteiger partial charge on any atom is 0.221 e. The lowest BCUT2D eigenvalue weighted by Gasteiger charge is -2.23. The second-order valence-electron chi connectivity index (χ2n) is 2.87. The van der Waals surface area contributed by atoms with Gasteiger partial charge < -0.3 is 5.73 Å². The summed E-state index contributed by atoms with van der Waals surface area (Å²) in [5, 5.41) is 0. The summed E-state index contributed by atoms with van der Waals surface area (Å²) in [6.07, 6.45) is 5.70. The van der Waals surface area contributed by atoms with E-state index in [4.69, 9.17) is 17.3 Å². The number of rotatable bonds is 2. The lowest BCUT2D eigenvalue weighted by atomic mass is 9.84. The predicted molar refractivity (Wildman–Crippen MR) is 45.3 cm³/mol. The largest absolute Gasteiger partial charge is 0.369 e. The van der Waals surface area contributed by atoms with Crippen molar-refractivity contribution in [2.45, 2.75) is 12.8 Å². The van der Waals surface area contributed by atoms with Crippen molar-refractivity contribution < 1.29 is 4.79 Å². The molecule has 1 aliphatic rings. The third-order valence-electron chi connectivity index (χ3n) is 2.13. The van der Waals surface area contributed by atoms with Gasteiger partial charge in [0.2, 0.25) is 5.91 Å². The van der Waals surface area contributed by atoms with Gasteiger partial charge in [0.15, 0.2) is 0 Å². The Hall–Kier alpha value is -0.500. The zero-order chi connectivity index (χ0) is 8.27. The second-order valence-corrected chi connectivity index (χ2v) is 3.17. The number of primary amides is 1. The molecule has 2 N–H and O–H groups in total. The van der Waals surface area contributed by atoms with E-state index in [-0.39, 0.29) is 17.7 Å². The molecule has 0 aromatic rings. The van der Waals surface area contributed by atoms with Gasteiger partial charge in [0, 0.05) is 11.8 Å². The van der Waals surface area contributed by atoms with E-state index in [0.717, 1.165) is 12.8 Å². The summed E-state index contributed by atoms with van der Waals surface area (Å²) in [5.41, 5.74) is 5.20. The third-order valence-corrected chi connectivity index (χ3v) is 2.52. The molecule has 0 saturated heterocycles. The zero-order valence-electron chi connectivity index (χ0n) is 6.29. The van der Waals surface area contributed by atoms with E-state index < -0.39 is 0 Å². The van der Waals surface area contributed by atoms with Crippen LogP contribution in [0, 0.1) is 11.8 Å². The van der Waals surface area contributed by atoms with Gasteiger partial charge in [-0.05, 0) is 18.8 Å². The van der Waals surface area contributed by atoms with Gasteiger partial charge in [-0.2, -0.15) is 0 Å². The molecule has 1 rings (SSSR count). The number of amides is 1. The van der Waals surface area contributed by atoms with E-state index in [9.17, 15) is 4.79 Å². The molecular weight excluding hydrogens is 162 g/mol. The first-order chi connectivity index (χ1) is 5.25. The Labute approximate surface area is 71.4 Å². The highest BCUT2D eigenvalue weighted by Crippen LogP contribution is 2.25. The van der Waals surface area contributed by atoms with Gasteiger partial charge in [-0.25, -0.2) is 0 Å². The Kier molecular flexibility index (Phi) is 2.94. The average Bonchev–Trinajstić information content (AvgIpc) is 2.04. The van der Waals surface area contributed by atoms with Crippen LogP contribution < -0.4 is 5.73 Å². The fraction of sp³-hybridized carbons (Fsp3) is 0.625. The number of carbonyl (C=O) groups is 1. The Balaban J connectivity index is 2.61. The maximum atomic E-state index is 10.9. The van der Waals surface area contributed by atoms with E-state index in [1.54, 1.807) is 0 Å². The van der Waals surface area contributed by atoms with Crippen molar-refractivity contribution in [2.24, 2.45) is 17.6 Å². The number of halogens is 1. The van der Waals surface area contributed by atoms with E-state index in [0.29, 0.717) is 5.88 Å². The van der Waals surface area contributed by atoms with Crippen LogP contribution in [0.1, 0.15) is 12.8 Å². The summed E-state index contributed by atoms with van der Waals surface area (Å²) < 4.78 is 0. The second kappa shape index (κ2) is 3.77. The van der Waals surface area contributed by atoms with Crippen LogP contribution in [-0.4, -0.2) is 11.8 Å². The molecule has 1 aliphatic carbocycles. The van der Waals surface area contributed by atoms with Crippen molar-refractivity contribution >= 4 is 17.5 Å². The molecular formula is C8H12ClNO. The van der Waals surface area contributed by atoms with Crippen LogP contribution in [0.5, 0.6) is 0 Å². The number of hydrogen-bond donors (Lipinski definition) is 1. The van der Waals surface area contributed by atoms with Crippen LogP contribution >= 0.6 is 11.6 Å². The van der Waals surface area contributed by atoms with Gasteiger partial charge in [0.1, 0.15) is 0 Å². The Morgan fingerprint density at radius 3 is 2.64 bits per heavy atom. The molecule has 0 aromatic heterocycles. The first-order valence-electron chi connectivity index (χ1n) is 3.76. The Morgan fingerprint density at radius 2 is 2.18 bits per heavy atom. The van der Waals surface area contributed by atoms with Crippen molar-refractivity contribution in [2.75, 3.05) is 5.88 Å². The summed E-state index contributed by atoms with van der Waals surface area (Å²) in [5.74, 6) is 0.509. The third kappa shape index (κ3) is 1.96. The minimum atomic E-state index is -0.222. The van der Waals surface area contributed by atoms with Crippen LogP contribution in [0.15, 0.2) is 12.2 Å². The number of carbonyl (C=O) groups excluding carboxylic acids is 1. The molecule has 3 heteroatoms. The van der Waals surface area contributed by atoms with Crippen molar-refractivity contribution in [3.63, 3.8) is 0 Å².